The molecule has 1 N–H and O–H groups in total. The predicted molar refractivity (Wildman–Crippen MR) is 67.0 cm³/mol. The van der Waals surface area contributed by atoms with Crippen LogP contribution in [0.2, 0.25) is 0 Å². The molecule has 0 saturated carbocycles. The van der Waals surface area contributed by atoms with E-state index in [2.05, 4.69) is 26.8 Å². The number of aliphatic hydroxyl groups excluding tert-OH is 1. The summed E-state index contributed by atoms with van der Waals surface area (Å²) in [6, 6.07) is 0. The highest BCUT2D eigenvalue weighted by atomic mass is 16.2. The van der Waals surface area contributed by atoms with E-state index in [9.17, 15) is 0 Å². The number of aromatic nitrogens is 5. The SMILES string of the molecule is CCCn1cncc1Cn1cc(CCCO)nn1. The Balaban J connectivity index is 1.99. The molecule has 2 heterocycles. The van der Waals surface area contributed by atoms with Crippen LogP contribution in [-0.2, 0) is 19.5 Å². The molecular formula is C12H19N5O. The number of imidazole rings is 1. The highest BCUT2D eigenvalue weighted by molar-refractivity contribution is 5.01. The van der Waals surface area contributed by atoms with Crippen LogP contribution in [0, 0.1) is 0 Å². The van der Waals surface area contributed by atoms with Gasteiger partial charge in [-0.1, -0.05) is 12.1 Å². The number of aryl methyl sites for hydroxylation is 2. The monoisotopic (exact) mass is 249 g/mol. The van der Waals surface area contributed by atoms with Gasteiger partial charge in [-0.05, 0) is 19.3 Å². The molecule has 98 valence electrons. The lowest BCUT2D eigenvalue weighted by molar-refractivity contribution is 0.288. The van der Waals surface area contributed by atoms with E-state index in [1.807, 2.05) is 23.4 Å². The second kappa shape index (κ2) is 6.30. The van der Waals surface area contributed by atoms with E-state index in [0.717, 1.165) is 37.2 Å². The van der Waals surface area contributed by atoms with Crippen molar-refractivity contribution < 1.29 is 5.11 Å². The van der Waals surface area contributed by atoms with E-state index in [1.165, 1.54) is 0 Å². The maximum absolute atomic E-state index is 8.77. The molecule has 0 atom stereocenters. The minimum Gasteiger partial charge on any atom is -0.396 e. The Morgan fingerprint density at radius 2 is 2.28 bits per heavy atom. The molecule has 0 spiro atoms. The normalized spacial score (nSPS) is 11.0. The molecule has 0 bridgehead atoms. The minimum atomic E-state index is 0.191. The summed E-state index contributed by atoms with van der Waals surface area (Å²) in [5, 5.41) is 16.9. The van der Waals surface area contributed by atoms with Gasteiger partial charge in [0.2, 0.25) is 0 Å². The molecule has 0 aliphatic carbocycles. The summed E-state index contributed by atoms with van der Waals surface area (Å²) in [4.78, 5) is 4.16. The smallest absolute Gasteiger partial charge is 0.0948 e. The van der Waals surface area contributed by atoms with Gasteiger partial charge >= 0.3 is 0 Å². The summed E-state index contributed by atoms with van der Waals surface area (Å²) < 4.78 is 3.95. The van der Waals surface area contributed by atoms with Crippen LogP contribution in [0.4, 0.5) is 0 Å². The van der Waals surface area contributed by atoms with Gasteiger partial charge in [-0.3, -0.25) is 0 Å². The first kappa shape index (κ1) is 12.8. The summed E-state index contributed by atoms with van der Waals surface area (Å²) >= 11 is 0. The van der Waals surface area contributed by atoms with Gasteiger partial charge in [-0.15, -0.1) is 5.10 Å². The van der Waals surface area contributed by atoms with Crippen molar-refractivity contribution in [3.05, 3.63) is 30.1 Å². The Bertz CT molecular complexity index is 476. The van der Waals surface area contributed by atoms with Gasteiger partial charge in [0.25, 0.3) is 0 Å². The average Bonchev–Trinajstić information content (AvgIpc) is 2.98. The van der Waals surface area contributed by atoms with E-state index >= 15 is 0 Å². The van der Waals surface area contributed by atoms with Crippen LogP contribution in [0.25, 0.3) is 0 Å². The van der Waals surface area contributed by atoms with Crippen LogP contribution in [0.5, 0.6) is 0 Å². The van der Waals surface area contributed by atoms with E-state index in [-0.39, 0.29) is 6.61 Å². The molecule has 0 aliphatic rings. The summed E-state index contributed by atoms with van der Waals surface area (Å²) in [5.74, 6) is 0. The summed E-state index contributed by atoms with van der Waals surface area (Å²) in [6.45, 7) is 4.00. The molecule has 0 saturated heterocycles. The highest BCUT2D eigenvalue weighted by Crippen LogP contribution is 2.05. The molecule has 0 amide bonds. The zero-order chi connectivity index (χ0) is 12.8. The number of hydrogen-bond acceptors (Lipinski definition) is 4. The zero-order valence-corrected chi connectivity index (χ0v) is 10.7. The third-order valence-electron chi connectivity index (χ3n) is 2.76. The Hall–Kier alpha value is -1.69. The quantitative estimate of drug-likeness (QED) is 0.790. The van der Waals surface area contributed by atoms with E-state index in [0.29, 0.717) is 6.54 Å². The Labute approximate surface area is 106 Å². The number of nitrogens with zero attached hydrogens (tertiary/aromatic N) is 5. The lowest BCUT2D eigenvalue weighted by atomic mass is 10.3. The van der Waals surface area contributed by atoms with Crippen molar-refractivity contribution >= 4 is 0 Å². The largest absolute Gasteiger partial charge is 0.396 e. The molecule has 2 rings (SSSR count). The zero-order valence-electron chi connectivity index (χ0n) is 10.7. The summed E-state index contributed by atoms with van der Waals surface area (Å²) in [6.07, 6.45) is 8.23. The molecule has 2 aromatic heterocycles. The van der Waals surface area contributed by atoms with Crippen LogP contribution in [-0.4, -0.2) is 36.3 Å². The van der Waals surface area contributed by atoms with E-state index in [1.54, 1.807) is 0 Å². The third-order valence-corrected chi connectivity index (χ3v) is 2.76. The standard InChI is InChI=1S/C12H19N5O/c1-2-5-16-10-13-7-12(16)9-17-8-11(14-15-17)4-3-6-18/h7-8,10,18H,2-6,9H2,1H3. The van der Waals surface area contributed by atoms with Crippen molar-refractivity contribution in [3.63, 3.8) is 0 Å². The van der Waals surface area contributed by atoms with Crippen LogP contribution in [0.15, 0.2) is 18.7 Å². The molecule has 6 heteroatoms. The molecule has 0 aliphatic heterocycles. The maximum atomic E-state index is 8.77. The average molecular weight is 249 g/mol. The predicted octanol–water partition coefficient (Wildman–Crippen LogP) is 0.858. The first-order valence-electron chi connectivity index (χ1n) is 6.32. The first-order valence-corrected chi connectivity index (χ1v) is 6.32. The van der Waals surface area contributed by atoms with Gasteiger partial charge in [0.1, 0.15) is 0 Å². The van der Waals surface area contributed by atoms with Crippen molar-refractivity contribution in [1.82, 2.24) is 24.5 Å². The van der Waals surface area contributed by atoms with Gasteiger partial charge in [0.05, 0.1) is 30.5 Å². The Morgan fingerprint density at radius 3 is 3.06 bits per heavy atom. The maximum Gasteiger partial charge on any atom is 0.0948 e. The second-order valence-electron chi connectivity index (χ2n) is 4.31. The lowest BCUT2D eigenvalue weighted by Crippen LogP contribution is -2.07. The van der Waals surface area contributed by atoms with Crippen LogP contribution in [0.3, 0.4) is 0 Å². The number of aliphatic hydroxyl groups is 1. The van der Waals surface area contributed by atoms with E-state index in [4.69, 9.17) is 5.11 Å². The number of rotatable bonds is 7. The lowest BCUT2D eigenvalue weighted by Gasteiger charge is -2.05. The fraction of sp³-hybridized carbons (Fsp3) is 0.583. The van der Waals surface area contributed by atoms with Crippen molar-refractivity contribution in [2.75, 3.05) is 6.61 Å². The van der Waals surface area contributed by atoms with E-state index < -0.39 is 0 Å². The van der Waals surface area contributed by atoms with Gasteiger partial charge in [-0.2, -0.15) is 0 Å². The second-order valence-corrected chi connectivity index (χ2v) is 4.31. The third kappa shape index (κ3) is 3.16. The van der Waals surface area contributed by atoms with Crippen molar-refractivity contribution in [2.24, 2.45) is 0 Å². The number of hydrogen-bond donors (Lipinski definition) is 1. The molecule has 18 heavy (non-hydrogen) atoms. The molecule has 0 unspecified atom stereocenters. The Morgan fingerprint density at radius 1 is 1.39 bits per heavy atom. The minimum absolute atomic E-state index is 0.191. The van der Waals surface area contributed by atoms with Gasteiger partial charge in [0.15, 0.2) is 0 Å². The molecule has 0 fully saturated rings. The van der Waals surface area contributed by atoms with Gasteiger partial charge < -0.3 is 9.67 Å². The van der Waals surface area contributed by atoms with Crippen molar-refractivity contribution in [1.29, 1.82) is 0 Å². The molecule has 2 aromatic rings. The fourth-order valence-corrected chi connectivity index (χ4v) is 1.88. The highest BCUT2D eigenvalue weighted by Gasteiger charge is 2.05. The fourth-order valence-electron chi connectivity index (χ4n) is 1.88. The van der Waals surface area contributed by atoms with Gasteiger partial charge in [0, 0.05) is 19.3 Å². The molecular weight excluding hydrogens is 230 g/mol. The first-order chi connectivity index (χ1) is 8.83. The molecule has 0 radical (unpaired) electrons. The van der Waals surface area contributed by atoms with Crippen molar-refractivity contribution in [2.45, 2.75) is 39.3 Å². The molecule has 6 nitrogen and oxygen atoms in total. The van der Waals surface area contributed by atoms with Crippen LogP contribution >= 0.6 is 0 Å². The van der Waals surface area contributed by atoms with Crippen molar-refractivity contribution in [3.8, 4) is 0 Å². The molecule has 0 aromatic carbocycles. The Kier molecular flexibility index (Phi) is 4.46. The topological polar surface area (TPSA) is 68.8 Å². The summed E-state index contributed by atoms with van der Waals surface area (Å²) in [5.41, 5.74) is 2.06. The van der Waals surface area contributed by atoms with Gasteiger partial charge in [-0.25, -0.2) is 9.67 Å². The van der Waals surface area contributed by atoms with Crippen LogP contribution < -0.4 is 0 Å². The summed E-state index contributed by atoms with van der Waals surface area (Å²) in [7, 11) is 0. The van der Waals surface area contributed by atoms with Crippen LogP contribution in [0.1, 0.15) is 31.2 Å².